The van der Waals surface area contributed by atoms with Crippen molar-refractivity contribution in [3.63, 3.8) is 0 Å². The molecule has 1 aromatic heterocycles. The SMILES string of the molecule is Cl.Nc1nc(-c2ccc(Cl)cc2)nc2c1ccc1ccccc12. The first kappa shape index (κ1) is 15.5. The minimum atomic E-state index is 0. The van der Waals surface area contributed by atoms with Gasteiger partial charge in [0.1, 0.15) is 5.82 Å². The van der Waals surface area contributed by atoms with E-state index in [1.165, 1.54) is 0 Å². The van der Waals surface area contributed by atoms with Gasteiger partial charge in [-0.3, -0.25) is 0 Å². The summed E-state index contributed by atoms with van der Waals surface area (Å²) in [6, 6.07) is 19.6. The Balaban J connectivity index is 0.00000156. The highest BCUT2D eigenvalue weighted by Crippen LogP contribution is 2.29. The van der Waals surface area contributed by atoms with Crippen molar-refractivity contribution in [2.24, 2.45) is 0 Å². The van der Waals surface area contributed by atoms with Crippen LogP contribution in [0.2, 0.25) is 5.02 Å². The molecule has 4 aromatic rings. The van der Waals surface area contributed by atoms with Crippen LogP contribution in [0.4, 0.5) is 5.82 Å². The Hall–Kier alpha value is -2.36. The van der Waals surface area contributed by atoms with E-state index in [1.807, 2.05) is 48.5 Å². The molecule has 0 saturated carbocycles. The summed E-state index contributed by atoms with van der Waals surface area (Å²) in [5.74, 6) is 1.10. The molecule has 3 nitrogen and oxygen atoms in total. The van der Waals surface area contributed by atoms with Crippen molar-refractivity contribution >= 4 is 51.5 Å². The van der Waals surface area contributed by atoms with Crippen molar-refractivity contribution in [3.05, 3.63) is 65.7 Å². The van der Waals surface area contributed by atoms with Crippen LogP contribution in [0.5, 0.6) is 0 Å². The summed E-state index contributed by atoms with van der Waals surface area (Å²) < 4.78 is 0. The van der Waals surface area contributed by atoms with E-state index in [1.54, 1.807) is 0 Å². The number of benzene rings is 3. The summed E-state index contributed by atoms with van der Waals surface area (Å²) in [7, 11) is 0. The van der Waals surface area contributed by atoms with Crippen molar-refractivity contribution in [2.75, 3.05) is 5.73 Å². The monoisotopic (exact) mass is 341 g/mol. The lowest BCUT2D eigenvalue weighted by Crippen LogP contribution is -1.98. The molecular formula is C18H13Cl2N3. The summed E-state index contributed by atoms with van der Waals surface area (Å²) in [5, 5.41) is 3.76. The Morgan fingerprint density at radius 3 is 2.30 bits per heavy atom. The van der Waals surface area contributed by atoms with E-state index in [-0.39, 0.29) is 12.4 Å². The fraction of sp³-hybridized carbons (Fsp3) is 0. The predicted molar refractivity (Wildman–Crippen MR) is 99.2 cm³/mol. The number of aromatic nitrogens is 2. The van der Waals surface area contributed by atoms with Crippen LogP contribution in [0, 0.1) is 0 Å². The quantitative estimate of drug-likeness (QED) is 0.489. The number of halogens is 2. The van der Waals surface area contributed by atoms with Crippen molar-refractivity contribution < 1.29 is 0 Å². The van der Waals surface area contributed by atoms with E-state index >= 15 is 0 Å². The lowest BCUT2D eigenvalue weighted by atomic mass is 10.1. The van der Waals surface area contributed by atoms with E-state index in [2.05, 4.69) is 17.1 Å². The van der Waals surface area contributed by atoms with Gasteiger partial charge in [0.05, 0.1) is 5.52 Å². The largest absolute Gasteiger partial charge is 0.383 e. The highest BCUT2D eigenvalue weighted by atomic mass is 35.5. The normalized spacial score (nSPS) is 10.7. The van der Waals surface area contributed by atoms with Gasteiger partial charge in [0.25, 0.3) is 0 Å². The Morgan fingerprint density at radius 1 is 0.783 bits per heavy atom. The van der Waals surface area contributed by atoms with E-state index in [9.17, 15) is 0 Å². The first-order valence-electron chi connectivity index (χ1n) is 6.93. The molecule has 0 fully saturated rings. The molecule has 0 amide bonds. The smallest absolute Gasteiger partial charge is 0.162 e. The number of rotatable bonds is 1. The van der Waals surface area contributed by atoms with Crippen molar-refractivity contribution in [2.45, 2.75) is 0 Å². The maximum absolute atomic E-state index is 6.14. The van der Waals surface area contributed by atoms with Crippen molar-refractivity contribution in [1.29, 1.82) is 0 Å². The van der Waals surface area contributed by atoms with Gasteiger partial charge in [0.15, 0.2) is 5.82 Å². The average molecular weight is 342 g/mol. The molecule has 23 heavy (non-hydrogen) atoms. The number of nitrogen functional groups attached to an aromatic ring is 1. The number of fused-ring (bicyclic) bond motifs is 3. The molecule has 0 saturated heterocycles. The van der Waals surface area contributed by atoms with Gasteiger partial charge in [-0.2, -0.15) is 0 Å². The molecule has 0 atom stereocenters. The molecule has 3 aromatic carbocycles. The van der Waals surface area contributed by atoms with Crippen LogP contribution in [-0.2, 0) is 0 Å². The first-order valence-corrected chi connectivity index (χ1v) is 7.31. The highest BCUT2D eigenvalue weighted by molar-refractivity contribution is 6.30. The van der Waals surface area contributed by atoms with Crippen molar-refractivity contribution in [1.82, 2.24) is 9.97 Å². The number of hydrogen-bond acceptors (Lipinski definition) is 3. The molecule has 0 bridgehead atoms. The zero-order chi connectivity index (χ0) is 15.1. The van der Waals surface area contributed by atoms with Gasteiger partial charge in [0.2, 0.25) is 0 Å². The fourth-order valence-electron chi connectivity index (χ4n) is 2.62. The molecule has 0 aliphatic rings. The van der Waals surface area contributed by atoms with E-state index in [0.717, 1.165) is 27.2 Å². The van der Waals surface area contributed by atoms with Crippen molar-refractivity contribution in [3.8, 4) is 11.4 Å². The van der Waals surface area contributed by atoms with Crippen LogP contribution in [0.1, 0.15) is 0 Å². The molecule has 1 heterocycles. The van der Waals surface area contributed by atoms with Crippen LogP contribution in [0.25, 0.3) is 33.1 Å². The number of hydrogen-bond donors (Lipinski definition) is 1. The Kier molecular flexibility index (Phi) is 4.07. The van der Waals surface area contributed by atoms with Gasteiger partial charge in [0, 0.05) is 21.4 Å². The van der Waals surface area contributed by atoms with Gasteiger partial charge >= 0.3 is 0 Å². The molecule has 0 aliphatic heterocycles. The molecule has 2 N–H and O–H groups in total. The van der Waals surface area contributed by atoms with Crippen LogP contribution < -0.4 is 5.73 Å². The van der Waals surface area contributed by atoms with Gasteiger partial charge in [-0.25, -0.2) is 9.97 Å². The predicted octanol–water partition coefficient (Wildman–Crippen LogP) is 5.11. The highest BCUT2D eigenvalue weighted by Gasteiger charge is 2.10. The molecule has 0 radical (unpaired) electrons. The second-order valence-corrected chi connectivity index (χ2v) is 5.56. The summed E-state index contributed by atoms with van der Waals surface area (Å²) in [6.07, 6.45) is 0. The van der Waals surface area contributed by atoms with Gasteiger partial charge in [-0.05, 0) is 35.7 Å². The third-order valence-electron chi connectivity index (χ3n) is 3.72. The summed E-state index contributed by atoms with van der Waals surface area (Å²) in [4.78, 5) is 9.16. The molecule has 4 rings (SSSR count). The molecular weight excluding hydrogens is 329 g/mol. The molecule has 0 aliphatic carbocycles. The van der Waals surface area contributed by atoms with Crippen LogP contribution >= 0.6 is 24.0 Å². The molecule has 114 valence electrons. The Morgan fingerprint density at radius 2 is 1.52 bits per heavy atom. The molecule has 0 unspecified atom stereocenters. The van der Waals surface area contributed by atoms with E-state index < -0.39 is 0 Å². The summed E-state index contributed by atoms with van der Waals surface area (Å²) in [6.45, 7) is 0. The van der Waals surface area contributed by atoms with Crippen LogP contribution in [0.3, 0.4) is 0 Å². The lowest BCUT2D eigenvalue weighted by Gasteiger charge is -2.08. The molecule has 5 heteroatoms. The minimum absolute atomic E-state index is 0. The number of nitrogens with two attached hydrogens (primary N) is 1. The second kappa shape index (κ2) is 6.03. The summed E-state index contributed by atoms with van der Waals surface area (Å²) in [5.41, 5.74) is 7.90. The zero-order valence-electron chi connectivity index (χ0n) is 12.0. The lowest BCUT2D eigenvalue weighted by molar-refractivity contribution is 1.24. The van der Waals surface area contributed by atoms with Crippen LogP contribution in [0.15, 0.2) is 60.7 Å². The number of anilines is 1. The van der Waals surface area contributed by atoms with Gasteiger partial charge < -0.3 is 5.73 Å². The third-order valence-corrected chi connectivity index (χ3v) is 3.97. The van der Waals surface area contributed by atoms with Crippen LogP contribution in [-0.4, -0.2) is 9.97 Å². The standard InChI is InChI=1S/C18H12ClN3.ClH/c19-13-8-5-12(6-9-13)18-21-16-14-4-2-1-3-11(14)7-10-15(16)17(20)22-18;/h1-10H,(H2,20,21,22);1H. The Labute approximate surface area is 144 Å². The molecule has 0 spiro atoms. The van der Waals surface area contributed by atoms with E-state index in [0.29, 0.717) is 16.7 Å². The van der Waals surface area contributed by atoms with Gasteiger partial charge in [-0.1, -0.05) is 41.9 Å². The van der Waals surface area contributed by atoms with Gasteiger partial charge in [-0.15, -0.1) is 12.4 Å². The summed E-state index contributed by atoms with van der Waals surface area (Å²) >= 11 is 5.94. The maximum Gasteiger partial charge on any atom is 0.162 e. The minimum Gasteiger partial charge on any atom is -0.383 e. The van der Waals surface area contributed by atoms with E-state index in [4.69, 9.17) is 22.3 Å². The Bertz CT molecular complexity index is 998. The third kappa shape index (κ3) is 2.69. The number of nitrogens with zero attached hydrogens (tertiary/aromatic N) is 2. The topological polar surface area (TPSA) is 51.8 Å². The average Bonchev–Trinajstić information content (AvgIpc) is 2.55. The maximum atomic E-state index is 6.14. The zero-order valence-corrected chi connectivity index (χ0v) is 13.6. The second-order valence-electron chi connectivity index (χ2n) is 5.12. The fourth-order valence-corrected chi connectivity index (χ4v) is 2.74. The first-order chi connectivity index (χ1) is 10.7.